The van der Waals surface area contributed by atoms with Crippen molar-refractivity contribution < 1.29 is 14.3 Å². The molecule has 0 spiro atoms. The molecule has 0 heterocycles. The molecule has 1 aromatic rings. The van der Waals surface area contributed by atoms with Crippen LogP contribution in [0.2, 0.25) is 0 Å². The van der Waals surface area contributed by atoms with E-state index >= 15 is 0 Å². The first kappa shape index (κ1) is 15.2. The van der Waals surface area contributed by atoms with Crippen LogP contribution in [-0.4, -0.2) is 32.8 Å². The number of hydrogen-bond donors (Lipinski definition) is 1. The van der Waals surface area contributed by atoms with Crippen LogP contribution >= 0.6 is 0 Å². The Morgan fingerprint density at radius 3 is 2.53 bits per heavy atom. The lowest BCUT2D eigenvalue weighted by Crippen LogP contribution is -2.36. The van der Waals surface area contributed by atoms with Gasteiger partial charge in [0.1, 0.15) is 5.75 Å². The van der Waals surface area contributed by atoms with Gasteiger partial charge in [-0.1, -0.05) is 19.1 Å². The summed E-state index contributed by atoms with van der Waals surface area (Å²) in [6.45, 7) is 2.54. The minimum absolute atomic E-state index is 0.0537. The van der Waals surface area contributed by atoms with Crippen molar-refractivity contribution in [2.24, 2.45) is 0 Å². The highest BCUT2D eigenvalue weighted by molar-refractivity contribution is 5.91. The fourth-order valence-electron chi connectivity index (χ4n) is 1.60. The van der Waals surface area contributed by atoms with Gasteiger partial charge in [-0.25, -0.2) is 0 Å². The van der Waals surface area contributed by atoms with Crippen LogP contribution in [0.25, 0.3) is 6.08 Å². The van der Waals surface area contributed by atoms with Crippen molar-refractivity contribution in [1.82, 2.24) is 5.32 Å². The Labute approximate surface area is 114 Å². The summed E-state index contributed by atoms with van der Waals surface area (Å²) in [6, 6.07) is 7.57. The van der Waals surface area contributed by atoms with Crippen LogP contribution in [0.15, 0.2) is 30.3 Å². The summed E-state index contributed by atoms with van der Waals surface area (Å²) in [5, 5.41) is 2.88. The zero-order valence-corrected chi connectivity index (χ0v) is 11.7. The van der Waals surface area contributed by atoms with Crippen molar-refractivity contribution in [1.29, 1.82) is 0 Å². The predicted molar refractivity (Wildman–Crippen MR) is 76.1 cm³/mol. The molecule has 1 aromatic carbocycles. The quantitative estimate of drug-likeness (QED) is 0.768. The molecule has 0 aromatic heterocycles. The zero-order valence-electron chi connectivity index (χ0n) is 11.7. The molecule has 1 N–H and O–H groups in total. The van der Waals surface area contributed by atoms with Gasteiger partial charge >= 0.3 is 0 Å². The van der Waals surface area contributed by atoms with E-state index in [9.17, 15) is 4.79 Å². The van der Waals surface area contributed by atoms with Crippen LogP contribution in [0.4, 0.5) is 0 Å². The second-order valence-electron chi connectivity index (χ2n) is 4.18. The van der Waals surface area contributed by atoms with Crippen molar-refractivity contribution >= 4 is 12.0 Å². The largest absolute Gasteiger partial charge is 0.497 e. The van der Waals surface area contributed by atoms with E-state index in [2.05, 4.69) is 5.32 Å². The summed E-state index contributed by atoms with van der Waals surface area (Å²) in [7, 11) is 3.25. The zero-order chi connectivity index (χ0) is 14.1. The molecule has 4 heteroatoms. The molecule has 19 heavy (non-hydrogen) atoms. The van der Waals surface area contributed by atoms with Crippen LogP contribution in [0, 0.1) is 0 Å². The Morgan fingerprint density at radius 2 is 2.00 bits per heavy atom. The predicted octanol–water partition coefficient (Wildman–Crippen LogP) is 2.25. The maximum atomic E-state index is 11.7. The van der Waals surface area contributed by atoms with Gasteiger partial charge in [0.05, 0.1) is 19.8 Å². The van der Waals surface area contributed by atoms with Gasteiger partial charge in [-0.3, -0.25) is 4.79 Å². The van der Waals surface area contributed by atoms with Crippen molar-refractivity contribution in [2.75, 3.05) is 20.8 Å². The van der Waals surface area contributed by atoms with Gasteiger partial charge in [0.25, 0.3) is 0 Å². The van der Waals surface area contributed by atoms with Crippen molar-refractivity contribution in [3.8, 4) is 5.75 Å². The van der Waals surface area contributed by atoms with Gasteiger partial charge in [-0.15, -0.1) is 0 Å². The summed E-state index contributed by atoms with van der Waals surface area (Å²) in [5.41, 5.74) is 0.954. The number of ether oxygens (including phenoxy) is 2. The van der Waals surface area contributed by atoms with Crippen molar-refractivity contribution in [3.05, 3.63) is 35.9 Å². The molecule has 4 nitrogen and oxygen atoms in total. The fourth-order valence-corrected chi connectivity index (χ4v) is 1.60. The van der Waals surface area contributed by atoms with Gasteiger partial charge in [-0.2, -0.15) is 0 Å². The highest BCUT2D eigenvalue weighted by Gasteiger charge is 2.07. The lowest BCUT2D eigenvalue weighted by Gasteiger charge is -2.14. The Bertz CT molecular complexity index is 412. The molecule has 1 atom stereocenters. The lowest BCUT2D eigenvalue weighted by molar-refractivity contribution is -0.117. The molecule has 0 aliphatic carbocycles. The molecule has 0 fully saturated rings. The van der Waals surface area contributed by atoms with Crippen LogP contribution < -0.4 is 10.1 Å². The van der Waals surface area contributed by atoms with E-state index in [1.54, 1.807) is 20.3 Å². The Hall–Kier alpha value is -1.81. The minimum Gasteiger partial charge on any atom is -0.497 e. The number of nitrogens with one attached hydrogen (secondary N) is 1. The average molecular weight is 263 g/mol. The molecule has 0 aliphatic rings. The molecule has 1 rings (SSSR count). The third kappa shape index (κ3) is 5.57. The highest BCUT2D eigenvalue weighted by Crippen LogP contribution is 2.12. The normalized spacial score (nSPS) is 12.4. The van der Waals surface area contributed by atoms with Crippen LogP contribution in [0.3, 0.4) is 0 Å². The first-order chi connectivity index (χ1) is 9.19. The second kappa shape index (κ2) is 8.32. The number of carbonyl (C=O) groups excluding carboxylic acids is 1. The van der Waals surface area contributed by atoms with E-state index in [1.807, 2.05) is 31.2 Å². The Morgan fingerprint density at radius 1 is 1.32 bits per heavy atom. The highest BCUT2D eigenvalue weighted by atomic mass is 16.5. The molecule has 1 amide bonds. The molecular formula is C15H21NO3. The topological polar surface area (TPSA) is 47.6 Å². The standard InChI is InChI=1S/C15H21NO3/c1-4-13(11-18-2)16-15(17)10-7-12-5-8-14(19-3)9-6-12/h5-10,13H,4,11H2,1-3H3,(H,16,17)/b10-7+. The van der Waals surface area contributed by atoms with E-state index in [-0.39, 0.29) is 11.9 Å². The van der Waals surface area contributed by atoms with Gasteiger partial charge in [0.15, 0.2) is 0 Å². The number of hydrogen-bond acceptors (Lipinski definition) is 3. The van der Waals surface area contributed by atoms with Crippen molar-refractivity contribution in [3.63, 3.8) is 0 Å². The Kier molecular flexibility index (Phi) is 6.68. The molecule has 0 bridgehead atoms. The molecule has 0 radical (unpaired) electrons. The van der Waals surface area contributed by atoms with Crippen LogP contribution in [-0.2, 0) is 9.53 Å². The first-order valence-corrected chi connectivity index (χ1v) is 6.31. The third-order valence-corrected chi connectivity index (χ3v) is 2.75. The van der Waals surface area contributed by atoms with Gasteiger partial charge in [-0.05, 0) is 30.2 Å². The minimum atomic E-state index is -0.111. The van der Waals surface area contributed by atoms with E-state index in [4.69, 9.17) is 9.47 Å². The second-order valence-corrected chi connectivity index (χ2v) is 4.18. The van der Waals surface area contributed by atoms with Gasteiger partial charge < -0.3 is 14.8 Å². The summed E-state index contributed by atoms with van der Waals surface area (Å²) in [5.74, 6) is 0.687. The van der Waals surface area contributed by atoms with E-state index in [0.717, 1.165) is 17.7 Å². The molecule has 0 aliphatic heterocycles. The summed E-state index contributed by atoms with van der Waals surface area (Å²) in [4.78, 5) is 11.7. The number of benzene rings is 1. The summed E-state index contributed by atoms with van der Waals surface area (Å²) >= 11 is 0. The SMILES string of the molecule is CCC(COC)NC(=O)/C=C/c1ccc(OC)cc1. The molecule has 0 saturated carbocycles. The van der Waals surface area contributed by atoms with E-state index in [1.165, 1.54) is 6.08 Å². The number of methoxy groups -OCH3 is 2. The average Bonchev–Trinajstić information content (AvgIpc) is 2.45. The van der Waals surface area contributed by atoms with Crippen LogP contribution in [0.1, 0.15) is 18.9 Å². The van der Waals surface area contributed by atoms with Crippen LogP contribution in [0.5, 0.6) is 5.75 Å². The molecule has 1 unspecified atom stereocenters. The van der Waals surface area contributed by atoms with E-state index in [0.29, 0.717) is 6.61 Å². The molecule has 104 valence electrons. The smallest absolute Gasteiger partial charge is 0.244 e. The molecule has 0 saturated heterocycles. The number of carbonyl (C=O) groups is 1. The molecular weight excluding hydrogens is 242 g/mol. The number of rotatable bonds is 7. The summed E-state index contributed by atoms with van der Waals surface area (Å²) in [6.07, 6.45) is 4.14. The van der Waals surface area contributed by atoms with Gasteiger partial charge in [0, 0.05) is 13.2 Å². The number of amides is 1. The lowest BCUT2D eigenvalue weighted by atomic mass is 10.2. The third-order valence-electron chi connectivity index (χ3n) is 2.75. The van der Waals surface area contributed by atoms with Crippen molar-refractivity contribution in [2.45, 2.75) is 19.4 Å². The van der Waals surface area contributed by atoms with E-state index < -0.39 is 0 Å². The monoisotopic (exact) mass is 263 g/mol. The Balaban J connectivity index is 2.52. The maximum absolute atomic E-state index is 11.7. The first-order valence-electron chi connectivity index (χ1n) is 6.31. The maximum Gasteiger partial charge on any atom is 0.244 e. The van der Waals surface area contributed by atoms with Gasteiger partial charge in [0.2, 0.25) is 5.91 Å². The fraction of sp³-hybridized carbons (Fsp3) is 0.400. The summed E-state index contributed by atoms with van der Waals surface area (Å²) < 4.78 is 10.1.